The van der Waals surface area contributed by atoms with Crippen molar-refractivity contribution >= 4 is 0 Å². The number of rotatable bonds is 1. The molecule has 1 aliphatic rings. The molecule has 6 heteroatoms. The van der Waals surface area contributed by atoms with Gasteiger partial charge in [-0.25, -0.2) is 0 Å². The molecule has 0 spiro atoms. The number of phenols is 1. The van der Waals surface area contributed by atoms with Gasteiger partial charge in [-0.2, -0.15) is 0 Å². The van der Waals surface area contributed by atoms with E-state index < -0.39 is 30.2 Å². The van der Waals surface area contributed by atoms with Crippen molar-refractivity contribution in [3.8, 4) is 5.75 Å². The van der Waals surface area contributed by atoms with Crippen LogP contribution in [0.1, 0.15) is 12.5 Å². The van der Waals surface area contributed by atoms with E-state index in [-0.39, 0.29) is 11.3 Å². The molecule has 1 aliphatic heterocycles. The monoisotopic (exact) mass is 256 g/mol. The first kappa shape index (κ1) is 13.3. The van der Waals surface area contributed by atoms with E-state index in [0.29, 0.717) is 0 Å². The second kappa shape index (κ2) is 4.49. The average Bonchev–Trinajstić information content (AvgIpc) is 2.34. The van der Waals surface area contributed by atoms with Crippen molar-refractivity contribution in [3.05, 3.63) is 29.8 Å². The number of phenolic OH excluding ortho intramolecular Hbond substituents is 1. The van der Waals surface area contributed by atoms with Crippen molar-refractivity contribution in [3.63, 3.8) is 0 Å². The molecule has 1 fully saturated rings. The molecule has 1 aromatic carbocycles. The zero-order valence-corrected chi connectivity index (χ0v) is 9.76. The van der Waals surface area contributed by atoms with Crippen LogP contribution in [0.15, 0.2) is 24.3 Å². The van der Waals surface area contributed by atoms with Gasteiger partial charge in [0.15, 0.2) is 0 Å². The molecule has 1 aromatic rings. The fourth-order valence-corrected chi connectivity index (χ4v) is 2.09. The summed E-state index contributed by atoms with van der Waals surface area (Å²) in [7, 11) is 0. The van der Waals surface area contributed by atoms with Gasteiger partial charge in [-0.3, -0.25) is 0 Å². The Bertz CT molecular complexity index is 436. The van der Waals surface area contributed by atoms with E-state index in [4.69, 9.17) is 4.74 Å². The van der Waals surface area contributed by atoms with E-state index in [2.05, 4.69) is 0 Å². The summed E-state index contributed by atoms with van der Waals surface area (Å²) in [6, 6.07) is 5.54. The maximum Gasteiger partial charge on any atom is 0.222 e. The highest BCUT2D eigenvalue weighted by Gasteiger charge is 2.52. The van der Waals surface area contributed by atoms with Gasteiger partial charge in [-0.15, -0.1) is 0 Å². The molecule has 1 unspecified atom stereocenters. The summed E-state index contributed by atoms with van der Waals surface area (Å²) in [6.07, 6.45) is -5.42. The van der Waals surface area contributed by atoms with Crippen LogP contribution < -0.4 is 0 Å². The summed E-state index contributed by atoms with van der Waals surface area (Å²) in [5.41, 5.74) is 0.104. The molecular formula is C12H16O6. The summed E-state index contributed by atoms with van der Waals surface area (Å²) in [6.45, 7) is 1.47. The number of ether oxygens (including phenoxy) is 1. The van der Waals surface area contributed by atoms with Gasteiger partial charge in [-0.05, 0) is 19.1 Å². The van der Waals surface area contributed by atoms with Gasteiger partial charge in [0, 0.05) is 5.56 Å². The normalized spacial score (nSPS) is 40.7. The molecule has 5 N–H and O–H groups in total. The molecule has 18 heavy (non-hydrogen) atoms. The lowest BCUT2D eigenvalue weighted by atomic mass is 9.88. The van der Waals surface area contributed by atoms with Gasteiger partial charge < -0.3 is 30.3 Å². The van der Waals surface area contributed by atoms with Crippen molar-refractivity contribution in [2.24, 2.45) is 0 Å². The zero-order valence-electron chi connectivity index (χ0n) is 9.76. The Labute approximate surface area is 104 Å². The van der Waals surface area contributed by atoms with Crippen LogP contribution in [0.2, 0.25) is 0 Å². The van der Waals surface area contributed by atoms with Crippen LogP contribution >= 0.6 is 0 Å². The minimum atomic E-state index is -2.17. The molecule has 5 atom stereocenters. The van der Waals surface area contributed by atoms with Crippen molar-refractivity contribution in [2.45, 2.75) is 37.1 Å². The number of aliphatic hydroxyl groups is 4. The van der Waals surface area contributed by atoms with Crippen LogP contribution in [-0.2, 0) is 10.5 Å². The smallest absolute Gasteiger partial charge is 0.222 e. The fraction of sp³-hybridized carbons (Fsp3) is 0.500. The Balaban J connectivity index is 2.40. The van der Waals surface area contributed by atoms with Crippen LogP contribution in [0, 0.1) is 0 Å². The number of aromatic hydroxyl groups is 1. The first-order chi connectivity index (χ1) is 8.36. The maximum atomic E-state index is 10.3. The summed E-state index contributed by atoms with van der Waals surface area (Å²) in [4.78, 5) is 0. The molecule has 1 heterocycles. The molecule has 6 nitrogen and oxygen atoms in total. The Morgan fingerprint density at radius 1 is 1.17 bits per heavy atom. The first-order valence-corrected chi connectivity index (χ1v) is 5.60. The van der Waals surface area contributed by atoms with E-state index in [0.717, 1.165) is 0 Å². The lowest BCUT2D eigenvalue weighted by Crippen LogP contribution is -2.62. The maximum absolute atomic E-state index is 10.3. The largest absolute Gasteiger partial charge is 0.508 e. The Morgan fingerprint density at radius 3 is 2.44 bits per heavy atom. The van der Waals surface area contributed by atoms with Crippen LogP contribution in [0.25, 0.3) is 0 Å². The number of benzene rings is 1. The van der Waals surface area contributed by atoms with Gasteiger partial charge in [0.1, 0.15) is 24.1 Å². The van der Waals surface area contributed by atoms with E-state index >= 15 is 0 Å². The van der Waals surface area contributed by atoms with E-state index in [1.807, 2.05) is 0 Å². The van der Waals surface area contributed by atoms with Gasteiger partial charge in [0.05, 0.1) is 6.10 Å². The second-order valence-electron chi connectivity index (χ2n) is 4.50. The third kappa shape index (κ3) is 1.98. The van der Waals surface area contributed by atoms with Crippen LogP contribution in [0.4, 0.5) is 0 Å². The lowest BCUT2D eigenvalue weighted by Gasteiger charge is -2.45. The number of hydrogen-bond acceptors (Lipinski definition) is 6. The van der Waals surface area contributed by atoms with Crippen molar-refractivity contribution in [1.29, 1.82) is 0 Å². The number of aliphatic hydroxyl groups excluding tert-OH is 3. The third-order valence-electron chi connectivity index (χ3n) is 3.18. The Morgan fingerprint density at radius 2 is 1.83 bits per heavy atom. The van der Waals surface area contributed by atoms with Gasteiger partial charge in [-0.1, -0.05) is 12.1 Å². The minimum absolute atomic E-state index is 0.104. The predicted octanol–water partition coefficient (Wildman–Crippen LogP) is -0.961. The average molecular weight is 256 g/mol. The lowest BCUT2D eigenvalue weighted by molar-refractivity contribution is -0.351. The van der Waals surface area contributed by atoms with Crippen LogP contribution in [0.5, 0.6) is 5.75 Å². The second-order valence-corrected chi connectivity index (χ2v) is 4.50. The summed E-state index contributed by atoms with van der Waals surface area (Å²) in [5.74, 6) is -2.28. The highest BCUT2D eigenvalue weighted by atomic mass is 16.7. The molecule has 0 radical (unpaired) electrons. The Kier molecular flexibility index (Phi) is 3.31. The van der Waals surface area contributed by atoms with Crippen molar-refractivity contribution < 1.29 is 30.3 Å². The molecule has 0 aromatic heterocycles. The van der Waals surface area contributed by atoms with E-state index in [9.17, 15) is 25.5 Å². The zero-order chi connectivity index (χ0) is 13.5. The number of hydrogen-bond donors (Lipinski definition) is 5. The van der Waals surface area contributed by atoms with E-state index in [1.165, 1.54) is 31.2 Å². The van der Waals surface area contributed by atoms with Crippen molar-refractivity contribution in [2.75, 3.05) is 0 Å². The van der Waals surface area contributed by atoms with Crippen LogP contribution in [0.3, 0.4) is 0 Å². The molecule has 0 amide bonds. The first-order valence-electron chi connectivity index (χ1n) is 5.60. The quantitative estimate of drug-likeness (QED) is 0.442. The van der Waals surface area contributed by atoms with E-state index in [1.54, 1.807) is 0 Å². The molecule has 100 valence electrons. The SMILES string of the molecule is C[C@@H]1OC(O)(c2cccc(O)c2)[C@H](O)[C@H](O)[C@H]1O. The molecule has 0 saturated carbocycles. The third-order valence-corrected chi connectivity index (χ3v) is 3.18. The molecular weight excluding hydrogens is 240 g/mol. The summed E-state index contributed by atoms with van der Waals surface area (Å²) >= 11 is 0. The fourth-order valence-electron chi connectivity index (χ4n) is 2.09. The van der Waals surface area contributed by atoms with Gasteiger partial charge >= 0.3 is 0 Å². The van der Waals surface area contributed by atoms with Crippen LogP contribution in [-0.4, -0.2) is 49.9 Å². The highest BCUT2D eigenvalue weighted by Crippen LogP contribution is 2.37. The molecule has 1 saturated heterocycles. The molecule has 0 aliphatic carbocycles. The standard InChI is InChI=1S/C12H16O6/c1-6-9(14)10(15)11(16)12(17,18-6)7-3-2-4-8(13)5-7/h2-6,9-11,13-17H,1H3/t6-,9-,10+,11+,12?/m0/s1. The highest BCUT2D eigenvalue weighted by molar-refractivity contribution is 5.31. The minimum Gasteiger partial charge on any atom is -0.508 e. The summed E-state index contributed by atoms with van der Waals surface area (Å²) < 4.78 is 5.19. The van der Waals surface area contributed by atoms with Crippen molar-refractivity contribution in [1.82, 2.24) is 0 Å². The predicted molar refractivity (Wildman–Crippen MR) is 60.6 cm³/mol. The molecule has 0 bridgehead atoms. The van der Waals surface area contributed by atoms with Gasteiger partial charge in [0.25, 0.3) is 0 Å². The molecule has 2 rings (SSSR count). The van der Waals surface area contributed by atoms with Gasteiger partial charge in [0.2, 0.25) is 5.79 Å². The Hall–Kier alpha value is -1.18. The summed E-state index contributed by atoms with van der Waals surface area (Å²) in [5, 5.41) is 48.8. The topological polar surface area (TPSA) is 110 Å².